The van der Waals surface area contributed by atoms with Gasteiger partial charge in [-0.05, 0) is 70.4 Å². The molecule has 198 valence electrons. The summed E-state index contributed by atoms with van der Waals surface area (Å²) in [6, 6.07) is 12.3. The number of rotatable bonds is 4. The average molecular weight is 526 g/mol. The van der Waals surface area contributed by atoms with Crippen LogP contribution in [0.2, 0.25) is 5.02 Å². The molecule has 2 aromatic carbocycles. The van der Waals surface area contributed by atoms with Gasteiger partial charge in [0.2, 0.25) is 0 Å². The second-order valence-electron chi connectivity index (χ2n) is 10.7. The van der Waals surface area contributed by atoms with Crippen molar-refractivity contribution in [2.45, 2.75) is 45.6 Å². The van der Waals surface area contributed by atoms with Crippen LogP contribution in [0.5, 0.6) is 0 Å². The van der Waals surface area contributed by atoms with Crippen LogP contribution in [0, 0.1) is 0 Å². The number of benzene rings is 2. The van der Waals surface area contributed by atoms with Crippen molar-refractivity contribution in [3.05, 3.63) is 58.6 Å². The molecule has 0 bridgehead atoms. The number of likely N-dealkylation sites (tertiary alicyclic amines) is 1. The van der Waals surface area contributed by atoms with Crippen molar-refractivity contribution >= 4 is 40.8 Å². The smallest absolute Gasteiger partial charge is 0.317 e. The van der Waals surface area contributed by atoms with E-state index in [0.717, 1.165) is 38.0 Å². The summed E-state index contributed by atoms with van der Waals surface area (Å²) in [7, 11) is 0. The Hall–Kier alpha value is -3.26. The highest BCUT2D eigenvalue weighted by Gasteiger charge is 2.28. The van der Waals surface area contributed by atoms with Crippen molar-refractivity contribution in [1.29, 1.82) is 0 Å². The van der Waals surface area contributed by atoms with Crippen LogP contribution < -0.4 is 15.5 Å². The first-order chi connectivity index (χ1) is 17.6. The molecule has 9 heteroatoms. The summed E-state index contributed by atoms with van der Waals surface area (Å²) in [6.45, 7) is 9.70. The fraction of sp³-hybridized carbons (Fsp3) is 0.464. The summed E-state index contributed by atoms with van der Waals surface area (Å²) in [5.74, 6) is -0.357. The lowest BCUT2D eigenvalue weighted by Crippen LogP contribution is -2.55. The molecule has 2 aliphatic heterocycles. The van der Waals surface area contributed by atoms with Gasteiger partial charge in [0, 0.05) is 56.2 Å². The number of halogens is 1. The van der Waals surface area contributed by atoms with Gasteiger partial charge < -0.3 is 25.3 Å². The summed E-state index contributed by atoms with van der Waals surface area (Å²) >= 11 is 6.20. The van der Waals surface area contributed by atoms with Gasteiger partial charge in [-0.1, -0.05) is 23.7 Å². The van der Waals surface area contributed by atoms with Crippen LogP contribution >= 0.6 is 11.6 Å². The monoisotopic (exact) mass is 525 g/mol. The Morgan fingerprint density at radius 2 is 1.49 bits per heavy atom. The first-order valence-corrected chi connectivity index (χ1v) is 13.3. The Morgan fingerprint density at radius 3 is 2.14 bits per heavy atom. The van der Waals surface area contributed by atoms with Gasteiger partial charge in [-0.2, -0.15) is 0 Å². The maximum Gasteiger partial charge on any atom is 0.317 e. The number of nitrogens with one attached hydrogen (secondary N) is 2. The Balaban J connectivity index is 1.55. The van der Waals surface area contributed by atoms with E-state index in [9.17, 15) is 14.4 Å². The lowest BCUT2D eigenvalue weighted by Gasteiger charge is -2.38. The standard InChI is InChI=1S/C28H36ClN5O3/c1-28(2,3)31-27(37)34-17-15-32(16-18-34)24-12-11-20(30-25(35)21-9-5-6-10-23(21)29)19-22(24)26(36)33-13-7-4-8-14-33/h5-6,9-12,19H,4,7-8,13-18H2,1-3H3,(H,30,35)(H,31,37). The summed E-state index contributed by atoms with van der Waals surface area (Å²) in [5.41, 5.74) is 2.00. The molecule has 0 unspecified atom stereocenters. The fourth-order valence-corrected chi connectivity index (χ4v) is 4.94. The van der Waals surface area contributed by atoms with Crippen molar-refractivity contribution in [1.82, 2.24) is 15.1 Å². The van der Waals surface area contributed by atoms with Gasteiger partial charge in [0.05, 0.1) is 16.1 Å². The number of amides is 4. The van der Waals surface area contributed by atoms with Crippen LogP contribution in [0.1, 0.15) is 60.7 Å². The summed E-state index contributed by atoms with van der Waals surface area (Å²) in [4.78, 5) is 45.0. The molecule has 4 amide bonds. The number of carbonyl (C=O) groups is 3. The van der Waals surface area contributed by atoms with Crippen molar-refractivity contribution < 1.29 is 14.4 Å². The highest BCUT2D eigenvalue weighted by molar-refractivity contribution is 6.34. The third-order valence-corrected chi connectivity index (χ3v) is 6.97. The van der Waals surface area contributed by atoms with Crippen LogP contribution in [-0.2, 0) is 0 Å². The molecule has 4 rings (SSSR count). The first-order valence-electron chi connectivity index (χ1n) is 12.9. The zero-order valence-electron chi connectivity index (χ0n) is 21.8. The van der Waals surface area contributed by atoms with Crippen molar-refractivity contribution in [3.8, 4) is 0 Å². The Morgan fingerprint density at radius 1 is 0.811 bits per heavy atom. The topological polar surface area (TPSA) is 85.0 Å². The number of carbonyl (C=O) groups excluding carboxylic acids is 3. The maximum absolute atomic E-state index is 13.6. The second-order valence-corrected chi connectivity index (χ2v) is 11.1. The van der Waals surface area contributed by atoms with Gasteiger partial charge in [0.25, 0.3) is 11.8 Å². The largest absolute Gasteiger partial charge is 0.367 e. The number of piperazine rings is 1. The predicted octanol–water partition coefficient (Wildman–Crippen LogP) is 4.85. The molecule has 2 aliphatic rings. The van der Waals surface area contributed by atoms with E-state index in [1.807, 2.05) is 42.7 Å². The van der Waals surface area contributed by atoms with Crippen LogP contribution in [0.25, 0.3) is 0 Å². The first kappa shape index (κ1) is 26.8. The molecular formula is C28H36ClN5O3. The SMILES string of the molecule is CC(C)(C)NC(=O)N1CCN(c2ccc(NC(=O)c3ccccc3Cl)cc2C(=O)N2CCCCC2)CC1. The summed E-state index contributed by atoms with van der Waals surface area (Å²) in [5, 5.41) is 6.28. The van der Waals surface area contributed by atoms with Crippen LogP contribution in [0.15, 0.2) is 42.5 Å². The van der Waals surface area contributed by atoms with E-state index >= 15 is 0 Å². The fourth-order valence-electron chi connectivity index (χ4n) is 4.72. The summed E-state index contributed by atoms with van der Waals surface area (Å²) < 4.78 is 0. The van der Waals surface area contributed by atoms with Crippen LogP contribution in [-0.4, -0.2) is 72.5 Å². The Kier molecular flexibility index (Phi) is 8.27. The van der Waals surface area contributed by atoms with E-state index in [1.54, 1.807) is 30.3 Å². The van der Waals surface area contributed by atoms with Gasteiger partial charge in [-0.15, -0.1) is 0 Å². The zero-order chi connectivity index (χ0) is 26.6. The van der Waals surface area contributed by atoms with E-state index in [1.165, 1.54) is 0 Å². The van der Waals surface area contributed by atoms with Gasteiger partial charge in [-0.3, -0.25) is 9.59 Å². The molecule has 0 atom stereocenters. The minimum Gasteiger partial charge on any atom is -0.367 e. The third-order valence-electron chi connectivity index (χ3n) is 6.64. The molecule has 2 saturated heterocycles. The lowest BCUT2D eigenvalue weighted by molar-refractivity contribution is 0.0724. The molecule has 8 nitrogen and oxygen atoms in total. The van der Waals surface area contributed by atoms with Gasteiger partial charge in [0.15, 0.2) is 0 Å². The van der Waals surface area contributed by atoms with Gasteiger partial charge in [-0.25, -0.2) is 4.79 Å². The molecule has 0 aromatic heterocycles. The molecule has 37 heavy (non-hydrogen) atoms. The van der Waals surface area contributed by atoms with Crippen molar-refractivity contribution in [2.24, 2.45) is 0 Å². The van der Waals surface area contributed by atoms with E-state index in [-0.39, 0.29) is 23.4 Å². The van der Waals surface area contributed by atoms with E-state index in [4.69, 9.17) is 11.6 Å². The molecule has 0 radical (unpaired) electrons. The number of piperidine rings is 1. The van der Waals surface area contributed by atoms with Gasteiger partial charge >= 0.3 is 6.03 Å². The normalized spacial score (nSPS) is 16.4. The average Bonchev–Trinajstić information content (AvgIpc) is 2.88. The van der Waals surface area contributed by atoms with E-state index in [0.29, 0.717) is 48.0 Å². The van der Waals surface area contributed by atoms with Crippen molar-refractivity contribution in [2.75, 3.05) is 49.5 Å². The number of hydrogen-bond donors (Lipinski definition) is 2. The van der Waals surface area contributed by atoms with E-state index < -0.39 is 0 Å². The lowest BCUT2D eigenvalue weighted by atomic mass is 10.1. The molecule has 2 fully saturated rings. The number of urea groups is 1. The minimum absolute atomic E-state index is 0.0311. The highest BCUT2D eigenvalue weighted by Crippen LogP contribution is 2.29. The number of anilines is 2. The third kappa shape index (κ3) is 6.74. The molecule has 2 heterocycles. The minimum atomic E-state index is -0.326. The van der Waals surface area contributed by atoms with Gasteiger partial charge in [0.1, 0.15) is 0 Å². The molecular weight excluding hydrogens is 490 g/mol. The summed E-state index contributed by atoms with van der Waals surface area (Å²) in [6.07, 6.45) is 3.11. The van der Waals surface area contributed by atoms with E-state index in [2.05, 4.69) is 15.5 Å². The molecule has 2 aromatic rings. The second kappa shape index (κ2) is 11.4. The molecule has 2 N–H and O–H groups in total. The predicted molar refractivity (Wildman–Crippen MR) is 148 cm³/mol. The van der Waals surface area contributed by atoms with Crippen LogP contribution in [0.3, 0.4) is 0 Å². The van der Waals surface area contributed by atoms with Crippen LogP contribution in [0.4, 0.5) is 16.2 Å². The molecule has 0 spiro atoms. The Labute approximate surface area is 223 Å². The number of hydrogen-bond acceptors (Lipinski definition) is 4. The zero-order valence-corrected chi connectivity index (χ0v) is 22.6. The highest BCUT2D eigenvalue weighted by atomic mass is 35.5. The van der Waals surface area contributed by atoms with Crippen molar-refractivity contribution in [3.63, 3.8) is 0 Å². The molecule has 0 aliphatic carbocycles. The maximum atomic E-state index is 13.6. The molecule has 0 saturated carbocycles. The Bertz CT molecular complexity index is 1150. The number of nitrogens with zero attached hydrogens (tertiary/aromatic N) is 3. The quantitative estimate of drug-likeness (QED) is 0.597.